The van der Waals surface area contributed by atoms with Gasteiger partial charge in [-0.3, -0.25) is 0 Å². The van der Waals surface area contributed by atoms with Crippen molar-refractivity contribution >= 4 is 16.7 Å². The van der Waals surface area contributed by atoms with Crippen molar-refractivity contribution in [1.82, 2.24) is 0 Å². The molecule has 0 saturated carbocycles. The third-order valence-corrected chi connectivity index (χ3v) is 4.23. The summed E-state index contributed by atoms with van der Waals surface area (Å²) in [6.45, 7) is 2.24. The highest BCUT2D eigenvalue weighted by molar-refractivity contribution is 5.89. The van der Waals surface area contributed by atoms with E-state index < -0.39 is 0 Å². The minimum Gasteiger partial charge on any atom is -0.422 e. The predicted octanol–water partition coefficient (Wildman–Crippen LogP) is 5.06. The molecular weight excluding hydrogens is 274 g/mol. The summed E-state index contributed by atoms with van der Waals surface area (Å²) in [6, 6.07) is 7.46. The first kappa shape index (κ1) is 16.6. The summed E-state index contributed by atoms with van der Waals surface area (Å²) in [5.41, 5.74) is 7.69. The second-order valence-electron chi connectivity index (χ2n) is 6.00. The number of unbranched alkanes of at least 4 members (excludes halogenated alkanes) is 7. The van der Waals surface area contributed by atoms with Gasteiger partial charge in [-0.25, -0.2) is 4.79 Å². The molecule has 0 spiro atoms. The van der Waals surface area contributed by atoms with Crippen LogP contribution in [-0.4, -0.2) is 0 Å². The van der Waals surface area contributed by atoms with Gasteiger partial charge in [-0.15, -0.1) is 0 Å². The van der Waals surface area contributed by atoms with Gasteiger partial charge in [-0.1, -0.05) is 64.0 Å². The molecule has 0 unspecified atom stereocenters. The van der Waals surface area contributed by atoms with Crippen LogP contribution < -0.4 is 11.4 Å². The number of para-hydroxylation sites is 1. The quantitative estimate of drug-likeness (QED) is 0.520. The molecule has 2 aromatic rings. The van der Waals surface area contributed by atoms with E-state index in [0.29, 0.717) is 23.3 Å². The summed E-state index contributed by atoms with van der Waals surface area (Å²) in [7, 11) is 0. The Labute approximate surface area is 132 Å². The molecule has 3 heteroatoms. The Morgan fingerprint density at radius 2 is 1.59 bits per heavy atom. The second-order valence-corrected chi connectivity index (χ2v) is 6.00. The summed E-state index contributed by atoms with van der Waals surface area (Å²) in [4.78, 5) is 12.0. The highest BCUT2D eigenvalue weighted by Crippen LogP contribution is 2.23. The van der Waals surface area contributed by atoms with Crippen LogP contribution in [0.5, 0.6) is 0 Å². The van der Waals surface area contributed by atoms with Crippen LogP contribution in [0.1, 0.15) is 63.9 Å². The molecule has 1 aromatic carbocycles. The molecule has 1 heterocycles. The average Bonchev–Trinajstić information content (AvgIpc) is 2.52. The molecule has 0 aliphatic carbocycles. The third-order valence-electron chi connectivity index (χ3n) is 4.23. The van der Waals surface area contributed by atoms with Crippen molar-refractivity contribution in [1.29, 1.82) is 0 Å². The Morgan fingerprint density at radius 3 is 2.32 bits per heavy atom. The topological polar surface area (TPSA) is 56.2 Å². The van der Waals surface area contributed by atoms with Gasteiger partial charge in [-0.05, 0) is 25.0 Å². The summed E-state index contributed by atoms with van der Waals surface area (Å²) >= 11 is 0. The van der Waals surface area contributed by atoms with E-state index in [-0.39, 0.29) is 5.63 Å². The molecular formula is C19H27NO2. The molecule has 0 radical (unpaired) electrons. The van der Waals surface area contributed by atoms with Crippen molar-refractivity contribution in [2.24, 2.45) is 0 Å². The predicted molar refractivity (Wildman–Crippen MR) is 93.2 cm³/mol. The minimum atomic E-state index is -0.279. The first-order valence-corrected chi connectivity index (χ1v) is 8.54. The number of rotatable bonds is 9. The van der Waals surface area contributed by atoms with Crippen molar-refractivity contribution in [2.45, 2.75) is 64.7 Å². The van der Waals surface area contributed by atoms with Gasteiger partial charge in [0.15, 0.2) is 0 Å². The molecule has 0 fully saturated rings. The van der Waals surface area contributed by atoms with Gasteiger partial charge in [0.2, 0.25) is 0 Å². The van der Waals surface area contributed by atoms with E-state index in [1.165, 1.54) is 38.5 Å². The van der Waals surface area contributed by atoms with Crippen molar-refractivity contribution < 1.29 is 4.42 Å². The Balaban J connectivity index is 1.86. The SMILES string of the molecule is CCCCCCCCCCc1c(N)c2ccccc2oc1=O. The van der Waals surface area contributed by atoms with Gasteiger partial charge >= 0.3 is 5.63 Å². The van der Waals surface area contributed by atoms with E-state index in [1.807, 2.05) is 18.2 Å². The highest BCUT2D eigenvalue weighted by Gasteiger charge is 2.11. The minimum absolute atomic E-state index is 0.279. The molecule has 0 amide bonds. The monoisotopic (exact) mass is 301 g/mol. The van der Waals surface area contributed by atoms with E-state index in [2.05, 4.69) is 6.92 Å². The highest BCUT2D eigenvalue weighted by atomic mass is 16.4. The van der Waals surface area contributed by atoms with Crippen molar-refractivity contribution in [3.8, 4) is 0 Å². The maximum absolute atomic E-state index is 12.0. The maximum Gasteiger partial charge on any atom is 0.341 e. The van der Waals surface area contributed by atoms with E-state index in [1.54, 1.807) is 6.07 Å². The zero-order valence-corrected chi connectivity index (χ0v) is 13.6. The Bertz CT molecular complexity index is 645. The van der Waals surface area contributed by atoms with Crippen LogP contribution in [-0.2, 0) is 6.42 Å². The summed E-state index contributed by atoms with van der Waals surface area (Å²) < 4.78 is 5.36. The first-order chi connectivity index (χ1) is 10.7. The molecule has 22 heavy (non-hydrogen) atoms. The second kappa shape index (κ2) is 8.62. The van der Waals surface area contributed by atoms with E-state index >= 15 is 0 Å². The molecule has 120 valence electrons. The molecule has 0 saturated heterocycles. The Hall–Kier alpha value is -1.77. The van der Waals surface area contributed by atoms with Gasteiger partial charge in [0, 0.05) is 5.39 Å². The maximum atomic E-state index is 12.0. The largest absolute Gasteiger partial charge is 0.422 e. The molecule has 2 rings (SSSR count). The first-order valence-electron chi connectivity index (χ1n) is 8.54. The zero-order valence-electron chi connectivity index (χ0n) is 13.6. The lowest BCUT2D eigenvalue weighted by Gasteiger charge is -2.07. The fourth-order valence-electron chi connectivity index (χ4n) is 2.88. The van der Waals surface area contributed by atoms with Crippen molar-refractivity contribution in [3.63, 3.8) is 0 Å². The molecule has 0 bridgehead atoms. The van der Waals surface area contributed by atoms with Gasteiger partial charge in [-0.2, -0.15) is 0 Å². The fraction of sp³-hybridized carbons (Fsp3) is 0.526. The number of hydrogen-bond acceptors (Lipinski definition) is 3. The van der Waals surface area contributed by atoms with Gasteiger partial charge in [0.05, 0.1) is 11.3 Å². The average molecular weight is 301 g/mol. The van der Waals surface area contributed by atoms with Gasteiger partial charge < -0.3 is 10.2 Å². The number of nitrogen functional groups attached to an aromatic ring is 1. The molecule has 0 aliphatic rings. The lowest BCUT2D eigenvalue weighted by Crippen LogP contribution is -2.11. The van der Waals surface area contributed by atoms with Crippen LogP contribution in [0.3, 0.4) is 0 Å². The normalized spacial score (nSPS) is 11.1. The summed E-state index contributed by atoms with van der Waals surface area (Å²) in [5, 5.41) is 0.844. The van der Waals surface area contributed by atoms with Gasteiger partial charge in [0.1, 0.15) is 5.58 Å². The molecule has 0 aliphatic heterocycles. The molecule has 0 atom stereocenters. The Kier molecular flexibility index (Phi) is 6.50. The van der Waals surface area contributed by atoms with Crippen LogP contribution in [0.25, 0.3) is 11.0 Å². The number of anilines is 1. The van der Waals surface area contributed by atoms with Crippen molar-refractivity contribution in [3.05, 3.63) is 40.2 Å². The number of fused-ring (bicyclic) bond motifs is 1. The van der Waals surface area contributed by atoms with Crippen LogP contribution >= 0.6 is 0 Å². The number of nitrogens with two attached hydrogens (primary N) is 1. The van der Waals surface area contributed by atoms with Crippen LogP contribution in [0.4, 0.5) is 5.69 Å². The number of hydrogen-bond donors (Lipinski definition) is 1. The lowest BCUT2D eigenvalue weighted by atomic mass is 10.0. The van der Waals surface area contributed by atoms with Crippen LogP contribution in [0.2, 0.25) is 0 Å². The Morgan fingerprint density at radius 1 is 0.955 bits per heavy atom. The zero-order chi connectivity index (χ0) is 15.8. The number of benzene rings is 1. The summed E-state index contributed by atoms with van der Waals surface area (Å²) in [6.07, 6.45) is 10.7. The van der Waals surface area contributed by atoms with E-state index in [9.17, 15) is 4.79 Å². The molecule has 3 nitrogen and oxygen atoms in total. The van der Waals surface area contributed by atoms with E-state index in [0.717, 1.165) is 18.2 Å². The molecule has 1 aromatic heterocycles. The summed E-state index contributed by atoms with van der Waals surface area (Å²) in [5.74, 6) is 0. The van der Waals surface area contributed by atoms with Crippen molar-refractivity contribution in [2.75, 3.05) is 5.73 Å². The third kappa shape index (κ3) is 4.36. The van der Waals surface area contributed by atoms with E-state index in [4.69, 9.17) is 10.2 Å². The van der Waals surface area contributed by atoms with Crippen LogP contribution in [0, 0.1) is 0 Å². The lowest BCUT2D eigenvalue weighted by molar-refractivity contribution is 0.541. The smallest absolute Gasteiger partial charge is 0.341 e. The van der Waals surface area contributed by atoms with Gasteiger partial charge in [0.25, 0.3) is 0 Å². The standard InChI is InChI=1S/C19H27NO2/c1-2-3-4-5-6-7-8-9-13-16-18(20)15-12-10-11-14-17(15)22-19(16)21/h10-12,14H,2-9,13,20H2,1H3. The van der Waals surface area contributed by atoms with Crippen LogP contribution in [0.15, 0.2) is 33.5 Å². The molecule has 2 N–H and O–H groups in total. The fourth-order valence-corrected chi connectivity index (χ4v) is 2.88.